The lowest BCUT2D eigenvalue weighted by molar-refractivity contribution is -0.137. The third-order valence-corrected chi connectivity index (χ3v) is 5.29. The molecule has 0 aliphatic carbocycles. The molecule has 198 valence electrons. The summed E-state index contributed by atoms with van der Waals surface area (Å²) in [5, 5.41) is 9.81. The highest BCUT2D eigenvalue weighted by molar-refractivity contribution is 5.99. The lowest BCUT2D eigenvalue weighted by Crippen LogP contribution is -2.19. The molecular formula is C26H24F3N5O4. The van der Waals surface area contributed by atoms with Crippen molar-refractivity contribution in [2.75, 3.05) is 38.1 Å². The predicted molar refractivity (Wildman–Crippen MR) is 135 cm³/mol. The highest BCUT2D eigenvalue weighted by Crippen LogP contribution is 2.31. The smallest absolute Gasteiger partial charge is 0.416 e. The average molecular weight is 528 g/mol. The van der Waals surface area contributed by atoms with E-state index in [1.165, 1.54) is 23.9 Å². The first-order valence-electron chi connectivity index (χ1n) is 11.4. The van der Waals surface area contributed by atoms with Crippen LogP contribution in [0.5, 0.6) is 11.8 Å². The van der Waals surface area contributed by atoms with E-state index in [0.717, 1.165) is 12.1 Å². The van der Waals surface area contributed by atoms with Crippen molar-refractivity contribution < 1.29 is 32.2 Å². The second kappa shape index (κ2) is 11.6. The Kier molecular flexibility index (Phi) is 8.12. The standard InChI is InChI=1S/C26H24F3N5O4/c1-36-15-16-38-25-32-23(17-3-5-18(6-4-17)26(27,28)29)34(33-25)21-11-7-19(8-12-21)30-24(35)31-20-9-13-22(37-2)14-10-20/h3-14H,15-16H2,1-2H3,(H2,30,31,35). The van der Waals surface area contributed by atoms with E-state index < -0.39 is 17.8 Å². The first-order chi connectivity index (χ1) is 18.3. The highest BCUT2D eigenvalue weighted by atomic mass is 19.4. The molecule has 1 heterocycles. The number of halogens is 3. The molecule has 4 rings (SSSR count). The van der Waals surface area contributed by atoms with E-state index in [4.69, 9.17) is 14.2 Å². The van der Waals surface area contributed by atoms with Crippen molar-refractivity contribution in [2.45, 2.75) is 6.18 Å². The molecule has 2 amide bonds. The van der Waals surface area contributed by atoms with Gasteiger partial charge in [0.25, 0.3) is 0 Å². The summed E-state index contributed by atoms with van der Waals surface area (Å²) in [6.45, 7) is 0.502. The van der Waals surface area contributed by atoms with Gasteiger partial charge in [-0.15, -0.1) is 5.10 Å². The first kappa shape index (κ1) is 26.5. The van der Waals surface area contributed by atoms with Crippen LogP contribution in [0.2, 0.25) is 0 Å². The summed E-state index contributed by atoms with van der Waals surface area (Å²) in [5.41, 5.74) is 1.28. The molecule has 4 aromatic rings. The van der Waals surface area contributed by atoms with Crippen LogP contribution in [-0.4, -0.2) is 48.2 Å². The summed E-state index contributed by atoms with van der Waals surface area (Å²) in [5.74, 6) is 0.951. The van der Waals surface area contributed by atoms with Crippen molar-refractivity contribution in [3.63, 3.8) is 0 Å². The molecule has 0 atom stereocenters. The Hall–Kier alpha value is -4.58. The quantitative estimate of drug-likeness (QED) is 0.274. The number of methoxy groups -OCH3 is 2. The van der Waals surface area contributed by atoms with Crippen molar-refractivity contribution in [1.29, 1.82) is 0 Å². The number of carbonyl (C=O) groups excluding carboxylic acids is 1. The topological polar surface area (TPSA) is 99.5 Å². The second-order valence-electron chi connectivity index (χ2n) is 7.90. The Balaban J connectivity index is 1.53. The second-order valence-corrected chi connectivity index (χ2v) is 7.90. The number of amides is 2. The molecule has 0 aliphatic rings. The maximum atomic E-state index is 13.0. The maximum Gasteiger partial charge on any atom is 0.416 e. The molecule has 3 aromatic carbocycles. The fourth-order valence-electron chi connectivity index (χ4n) is 3.40. The third-order valence-electron chi connectivity index (χ3n) is 5.29. The Morgan fingerprint density at radius 2 is 1.47 bits per heavy atom. The Morgan fingerprint density at radius 1 is 0.868 bits per heavy atom. The van der Waals surface area contributed by atoms with E-state index in [9.17, 15) is 18.0 Å². The molecule has 0 saturated heterocycles. The van der Waals surface area contributed by atoms with Crippen LogP contribution >= 0.6 is 0 Å². The fourth-order valence-corrected chi connectivity index (χ4v) is 3.40. The zero-order chi connectivity index (χ0) is 27.1. The summed E-state index contributed by atoms with van der Waals surface area (Å²) < 4.78 is 56.1. The predicted octanol–water partition coefficient (Wildman–Crippen LogP) is 5.63. The van der Waals surface area contributed by atoms with Gasteiger partial charge >= 0.3 is 18.2 Å². The van der Waals surface area contributed by atoms with Gasteiger partial charge in [0.1, 0.15) is 12.4 Å². The lowest BCUT2D eigenvalue weighted by atomic mass is 10.1. The summed E-state index contributed by atoms with van der Waals surface area (Å²) in [4.78, 5) is 16.7. The lowest BCUT2D eigenvalue weighted by Gasteiger charge is -2.10. The number of hydrogen-bond donors (Lipinski definition) is 2. The molecule has 0 bridgehead atoms. The van der Waals surface area contributed by atoms with Crippen molar-refractivity contribution in [1.82, 2.24) is 14.8 Å². The van der Waals surface area contributed by atoms with E-state index in [-0.39, 0.29) is 18.4 Å². The number of aromatic nitrogens is 3. The summed E-state index contributed by atoms with van der Waals surface area (Å²) in [6.07, 6.45) is -4.46. The fraction of sp³-hybridized carbons (Fsp3) is 0.192. The van der Waals surface area contributed by atoms with E-state index in [1.54, 1.807) is 55.6 Å². The molecule has 0 fully saturated rings. The minimum atomic E-state index is -4.46. The number of rotatable bonds is 9. The van der Waals surface area contributed by atoms with Crippen LogP contribution in [0, 0.1) is 0 Å². The number of hydrogen-bond acceptors (Lipinski definition) is 6. The molecule has 1 aromatic heterocycles. The summed E-state index contributed by atoms with van der Waals surface area (Å²) >= 11 is 0. The van der Waals surface area contributed by atoms with Gasteiger partial charge in [0.2, 0.25) is 0 Å². The third kappa shape index (κ3) is 6.59. The average Bonchev–Trinajstić information content (AvgIpc) is 3.33. The van der Waals surface area contributed by atoms with Crippen LogP contribution in [0.4, 0.5) is 29.3 Å². The van der Waals surface area contributed by atoms with Crippen LogP contribution in [0.1, 0.15) is 5.56 Å². The monoisotopic (exact) mass is 527 g/mol. The van der Waals surface area contributed by atoms with Gasteiger partial charge in [0.15, 0.2) is 5.82 Å². The normalized spacial score (nSPS) is 11.2. The number of alkyl halides is 3. The van der Waals surface area contributed by atoms with Crippen molar-refractivity contribution in [3.8, 4) is 28.8 Å². The number of anilines is 2. The van der Waals surface area contributed by atoms with E-state index in [1.807, 2.05) is 0 Å². The summed E-state index contributed by atoms with van der Waals surface area (Å²) in [6, 6.07) is 17.8. The van der Waals surface area contributed by atoms with Crippen molar-refractivity contribution in [2.24, 2.45) is 0 Å². The van der Waals surface area contributed by atoms with Gasteiger partial charge in [-0.05, 0) is 60.7 Å². The molecule has 2 N–H and O–H groups in total. The van der Waals surface area contributed by atoms with Crippen LogP contribution in [0.25, 0.3) is 17.1 Å². The van der Waals surface area contributed by atoms with Gasteiger partial charge in [-0.2, -0.15) is 18.2 Å². The molecular weight excluding hydrogens is 503 g/mol. The van der Waals surface area contributed by atoms with Crippen LogP contribution in [0.15, 0.2) is 72.8 Å². The van der Waals surface area contributed by atoms with Crippen LogP contribution < -0.4 is 20.1 Å². The van der Waals surface area contributed by atoms with Crippen molar-refractivity contribution >= 4 is 17.4 Å². The minimum Gasteiger partial charge on any atom is -0.497 e. The molecule has 12 heteroatoms. The first-order valence-corrected chi connectivity index (χ1v) is 11.4. The number of carbonyl (C=O) groups is 1. The molecule has 0 unspecified atom stereocenters. The van der Waals surface area contributed by atoms with Gasteiger partial charge in [0, 0.05) is 24.0 Å². The van der Waals surface area contributed by atoms with Gasteiger partial charge in [0.05, 0.1) is 25.0 Å². The van der Waals surface area contributed by atoms with Gasteiger partial charge in [-0.3, -0.25) is 0 Å². The molecule has 0 saturated carbocycles. The number of urea groups is 1. The molecule has 38 heavy (non-hydrogen) atoms. The SMILES string of the molecule is COCCOc1nc(-c2ccc(C(F)(F)F)cc2)n(-c2ccc(NC(=O)Nc3ccc(OC)cc3)cc2)n1. The van der Waals surface area contributed by atoms with E-state index in [2.05, 4.69) is 20.7 Å². The van der Waals surface area contributed by atoms with Crippen molar-refractivity contribution in [3.05, 3.63) is 78.4 Å². The molecule has 0 aliphatic heterocycles. The summed E-state index contributed by atoms with van der Waals surface area (Å²) in [7, 11) is 3.08. The van der Waals surface area contributed by atoms with Gasteiger partial charge in [-0.1, -0.05) is 12.1 Å². The Bertz CT molecular complexity index is 1360. The number of ether oxygens (including phenoxy) is 3. The van der Waals surface area contributed by atoms with Gasteiger partial charge < -0.3 is 24.8 Å². The highest BCUT2D eigenvalue weighted by Gasteiger charge is 2.30. The molecule has 0 radical (unpaired) electrons. The van der Waals surface area contributed by atoms with E-state index >= 15 is 0 Å². The molecule has 0 spiro atoms. The zero-order valence-corrected chi connectivity index (χ0v) is 20.5. The van der Waals surface area contributed by atoms with Crippen LogP contribution in [0.3, 0.4) is 0 Å². The zero-order valence-electron chi connectivity index (χ0n) is 20.5. The Morgan fingerprint density at radius 3 is 2.03 bits per heavy atom. The van der Waals surface area contributed by atoms with Gasteiger partial charge in [-0.25, -0.2) is 9.48 Å². The number of nitrogens with one attached hydrogen (secondary N) is 2. The van der Waals surface area contributed by atoms with Crippen LogP contribution in [-0.2, 0) is 10.9 Å². The van der Waals surface area contributed by atoms with E-state index in [0.29, 0.717) is 35.0 Å². The number of benzene rings is 3. The maximum absolute atomic E-state index is 13.0. The largest absolute Gasteiger partial charge is 0.497 e. The Labute approximate surface area is 216 Å². The molecule has 9 nitrogen and oxygen atoms in total. The number of nitrogens with zero attached hydrogens (tertiary/aromatic N) is 3. The minimum absolute atomic E-state index is 0.0398.